The molecule has 1 atom stereocenters. The Morgan fingerprint density at radius 1 is 1.31 bits per heavy atom. The minimum Gasteiger partial charge on any atom is -0.353 e. The van der Waals surface area contributed by atoms with Gasteiger partial charge < -0.3 is 5.32 Å². The van der Waals surface area contributed by atoms with Crippen molar-refractivity contribution in [2.24, 2.45) is 11.3 Å². The van der Waals surface area contributed by atoms with Crippen molar-refractivity contribution in [3.8, 4) is 0 Å². The second kappa shape index (κ2) is 8.06. The fourth-order valence-corrected chi connectivity index (χ4v) is 6.31. The van der Waals surface area contributed by atoms with Gasteiger partial charge in [0.05, 0.1) is 11.1 Å². The van der Waals surface area contributed by atoms with Gasteiger partial charge in [0.1, 0.15) is 4.83 Å². The number of thiophene rings is 1. The van der Waals surface area contributed by atoms with Gasteiger partial charge in [-0.1, -0.05) is 39.5 Å². The Bertz CT molecular complexity index is 983. The zero-order valence-corrected chi connectivity index (χ0v) is 19.5. The lowest BCUT2D eigenvalue weighted by atomic mass is 9.72. The topological polar surface area (TPSA) is 64.0 Å². The van der Waals surface area contributed by atoms with Crippen LogP contribution in [0.4, 0.5) is 0 Å². The number of hydrogen-bond acceptors (Lipinski definition) is 5. The second-order valence-electron chi connectivity index (χ2n) is 9.47. The third-order valence-corrected chi connectivity index (χ3v) is 8.21. The highest BCUT2D eigenvalue weighted by Crippen LogP contribution is 2.42. The highest BCUT2D eigenvalue weighted by Gasteiger charge is 2.32. The average Bonchev–Trinajstić information content (AvgIpc) is 3.38. The molecule has 1 N–H and O–H groups in total. The second-order valence-corrected chi connectivity index (χ2v) is 11.5. The largest absolute Gasteiger partial charge is 0.353 e. The molecule has 1 saturated carbocycles. The summed E-state index contributed by atoms with van der Waals surface area (Å²) in [5.74, 6) is 0.990. The first-order chi connectivity index (χ1) is 13.8. The summed E-state index contributed by atoms with van der Waals surface area (Å²) in [6.07, 6.45) is 6.17. The zero-order chi connectivity index (χ0) is 20.8. The van der Waals surface area contributed by atoms with E-state index in [-0.39, 0.29) is 16.9 Å². The molecule has 1 fully saturated rings. The number of thioether (sulfide) groups is 1. The van der Waals surface area contributed by atoms with Gasteiger partial charge in [-0.05, 0) is 55.4 Å². The summed E-state index contributed by atoms with van der Waals surface area (Å²) in [5.41, 5.74) is 1.59. The fraction of sp³-hybridized carbons (Fsp3) is 0.682. The molecule has 0 aromatic carbocycles. The van der Waals surface area contributed by atoms with E-state index in [0.717, 1.165) is 48.7 Å². The molecule has 158 valence electrons. The Morgan fingerprint density at radius 2 is 2.07 bits per heavy atom. The van der Waals surface area contributed by atoms with Crippen LogP contribution >= 0.6 is 23.1 Å². The molecule has 2 aliphatic carbocycles. The molecule has 0 bridgehead atoms. The summed E-state index contributed by atoms with van der Waals surface area (Å²) < 4.78 is 1.79. The summed E-state index contributed by atoms with van der Waals surface area (Å²) >= 11 is 3.08. The smallest absolute Gasteiger partial charge is 0.263 e. The average molecular weight is 434 g/mol. The molecule has 5 nitrogen and oxygen atoms in total. The summed E-state index contributed by atoms with van der Waals surface area (Å²) in [6, 6.07) is 0.358. The van der Waals surface area contributed by atoms with Crippen molar-refractivity contribution in [3.63, 3.8) is 0 Å². The third kappa shape index (κ3) is 4.41. The van der Waals surface area contributed by atoms with Crippen molar-refractivity contribution in [3.05, 3.63) is 20.8 Å². The predicted molar refractivity (Wildman–Crippen MR) is 121 cm³/mol. The van der Waals surface area contributed by atoms with Crippen LogP contribution in [0, 0.1) is 11.3 Å². The molecule has 2 heterocycles. The Labute approximate surface area is 180 Å². The number of aryl methyl sites for hydroxylation is 1. The summed E-state index contributed by atoms with van der Waals surface area (Å²) in [7, 11) is 0. The van der Waals surface area contributed by atoms with Gasteiger partial charge in [0, 0.05) is 17.5 Å². The van der Waals surface area contributed by atoms with E-state index in [1.807, 2.05) is 0 Å². The van der Waals surface area contributed by atoms with Crippen LogP contribution in [0.3, 0.4) is 0 Å². The number of carbonyl (C=O) groups is 1. The van der Waals surface area contributed by atoms with Crippen molar-refractivity contribution < 1.29 is 4.79 Å². The Kier molecular flexibility index (Phi) is 5.81. The molecule has 2 aromatic rings. The van der Waals surface area contributed by atoms with E-state index >= 15 is 0 Å². The molecule has 0 saturated heterocycles. The van der Waals surface area contributed by atoms with E-state index < -0.39 is 0 Å². The van der Waals surface area contributed by atoms with Crippen molar-refractivity contribution in [1.29, 1.82) is 0 Å². The van der Waals surface area contributed by atoms with Gasteiger partial charge >= 0.3 is 0 Å². The van der Waals surface area contributed by atoms with E-state index in [1.54, 1.807) is 15.9 Å². The standard InChI is InChI=1S/C22H31N3O2S2/c1-5-10-25-20(27)18-15-9-6-13(22(2,3)4)11-16(15)29-19(18)24-21(25)28-12-17(26)23-14-7-8-14/h13-14H,5-12H2,1-4H3,(H,23,26). The van der Waals surface area contributed by atoms with Crippen LogP contribution in [0.25, 0.3) is 10.2 Å². The third-order valence-electron chi connectivity index (χ3n) is 6.08. The maximum atomic E-state index is 13.4. The molecule has 2 aromatic heterocycles. The van der Waals surface area contributed by atoms with Gasteiger partial charge in [-0.3, -0.25) is 14.2 Å². The van der Waals surface area contributed by atoms with Crippen LogP contribution in [0.2, 0.25) is 0 Å². The highest BCUT2D eigenvalue weighted by molar-refractivity contribution is 7.99. The summed E-state index contributed by atoms with van der Waals surface area (Å²) in [6.45, 7) is 9.64. The maximum Gasteiger partial charge on any atom is 0.263 e. The molecule has 1 amide bonds. The number of fused-ring (bicyclic) bond motifs is 3. The minimum absolute atomic E-state index is 0.0355. The number of carbonyl (C=O) groups excluding carboxylic acids is 1. The Hall–Kier alpha value is -1.34. The lowest BCUT2D eigenvalue weighted by molar-refractivity contribution is -0.118. The number of rotatable bonds is 6. The first-order valence-electron chi connectivity index (χ1n) is 10.7. The van der Waals surface area contributed by atoms with Crippen LogP contribution in [-0.4, -0.2) is 27.3 Å². The number of nitrogens with zero attached hydrogens (tertiary/aromatic N) is 2. The normalized spacial score (nSPS) is 19.4. The van der Waals surface area contributed by atoms with E-state index in [9.17, 15) is 9.59 Å². The molecule has 29 heavy (non-hydrogen) atoms. The van der Waals surface area contributed by atoms with Gasteiger partial charge in [-0.25, -0.2) is 4.98 Å². The van der Waals surface area contributed by atoms with Gasteiger partial charge in [0.25, 0.3) is 5.56 Å². The molecule has 0 aliphatic heterocycles. The number of aromatic nitrogens is 2. The van der Waals surface area contributed by atoms with Gasteiger partial charge in [0.2, 0.25) is 5.91 Å². The summed E-state index contributed by atoms with van der Waals surface area (Å²) in [4.78, 5) is 32.6. The zero-order valence-electron chi connectivity index (χ0n) is 17.8. The van der Waals surface area contributed by atoms with Gasteiger partial charge in [-0.15, -0.1) is 11.3 Å². The molecule has 2 aliphatic rings. The highest BCUT2D eigenvalue weighted by atomic mass is 32.2. The fourth-order valence-electron chi connectivity index (χ4n) is 4.14. The van der Waals surface area contributed by atoms with Crippen molar-refractivity contribution in [2.75, 3.05) is 5.75 Å². The summed E-state index contributed by atoms with van der Waals surface area (Å²) in [5, 5.41) is 4.53. The molecule has 7 heteroatoms. The molecular weight excluding hydrogens is 402 g/mol. The lowest BCUT2D eigenvalue weighted by Gasteiger charge is -2.33. The first kappa shape index (κ1) is 20.9. The minimum atomic E-state index is 0.0355. The number of amides is 1. The molecule has 1 unspecified atom stereocenters. The van der Waals surface area contributed by atoms with E-state index in [1.165, 1.54) is 22.2 Å². The molecule has 4 rings (SSSR count). The van der Waals surface area contributed by atoms with Crippen molar-refractivity contribution in [1.82, 2.24) is 14.9 Å². The monoisotopic (exact) mass is 433 g/mol. The maximum absolute atomic E-state index is 13.4. The van der Waals surface area contributed by atoms with Gasteiger partial charge in [-0.2, -0.15) is 0 Å². The number of nitrogens with one attached hydrogen (secondary N) is 1. The molecule has 0 radical (unpaired) electrons. The van der Waals surface area contributed by atoms with Crippen LogP contribution in [0.5, 0.6) is 0 Å². The number of hydrogen-bond donors (Lipinski definition) is 1. The van der Waals surface area contributed by atoms with Crippen LogP contribution in [0.1, 0.15) is 63.8 Å². The van der Waals surface area contributed by atoms with Crippen molar-refractivity contribution in [2.45, 2.75) is 84.0 Å². The van der Waals surface area contributed by atoms with Crippen LogP contribution < -0.4 is 10.9 Å². The first-order valence-corrected chi connectivity index (χ1v) is 12.6. The quantitative estimate of drug-likeness (QED) is 0.542. The molecule has 0 spiro atoms. The lowest BCUT2D eigenvalue weighted by Crippen LogP contribution is -2.29. The predicted octanol–water partition coefficient (Wildman–Crippen LogP) is 4.39. The van der Waals surface area contributed by atoms with E-state index in [2.05, 4.69) is 33.0 Å². The van der Waals surface area contributed by atoms with Gasteiger partial charge in [0.15, 0.2) is 5.16 Å². The SMILES string of the molecule is CCCn1c(SCC(=O)NC2CC2)nc2sc3c(c2c1=O)CCC(C(C)(C)C)C3. The van der Waals surface area contributed by atoms with Crippen molar-refractivity contribution >= 4 is 39.2 Å². The van der Waals surface area contributed by atoms with Crippen LogP contribution in [0.15, 0.2) is 9.95 Å². The van der Waals surface area contributed by atoms with E-state index in [4.69, 9.17) is 4.98 Å². The Balaban J connectivity index is 1.67. The van der Waals surface area contributed by atoms with Crippen LogP contribution in [-0.2, 0) is 24.2 Å². The van der Waals surface area contributed by atoms with E-state index in [0.29, 0.717) is 29.4 Å². The molecular formula is C22H31N3O2S2. The Morgan fingerprint density at radius 3 is 2.72 bits per heavy atom.